The molecule has 0 atom stereocenters. The summed E-state index contributed by atoms with van der Waals surface area (Å²) in [5.41, 5.74) is 12.1. The van der Waals surface area contributed by atoms with Gasteiger partial charge in [0.25, 0.3) is 0 Å². The van der Waals surface area contributed by atoms with Crippen LogP contribution in [0.1, 0.15) is 0 Å². The van der Waals surface area contributed by atoms with Gasteiger partial charge in [-0.15, -0.1) is 0 Å². The van der Waals surface area contributed by atoms with Gasteiger partial charge in [0.05, 0.1) is 28.0 Å². The number of pyridine rings is 1. The zero-order valence-corrected chi connectivity index (χ0v) is 26.6. The molecule has 0 N–H and O–H groups in total. The van der Waals surface area contributed by atoms with Gasteiger partial charge in [-0.05, 0) is 47.5 Å². The van der Waals surface area contributed by atoms with Crippen LogP contribution in [0.25, 0.3) is 83.9 Å². The molecule has 0 aliphatic carbocycles. The van der Waals surface area contributed by atoms with E-state index in [9.17, 15) is 0 Å². The standard InChI is InChI=1S/C45H30N4/c1-5-16-31(17-6-1)36-29-39(32-18-7-2-8-19-32)46-40(30-36)34-22-15-23-35(28-34)43-42-38-26-13-14-27-41(38)49(37-24-11-4-12-25-37)45(42)48-44(47-43)33-20-9-3-10-21-33/h1-30H. The van der Waals surface area contributed by atoms with Crippen LogP contribution in [0.3, 0.4) is 0 Å². The van der Waals surface area contributed by atoms with Crippen LogP contribution in [0, 0.1) is 0 Å². The van der Waals surface area contributed by atoms with Gasteiger partial charge in [-0.3, -0.25) is 4.57 Å². The summed E-state index contributed by atoms with van der Waals surface area (Å²) >= 11 is 0. The van der Waals surface area contributed by atoms with Gasteiger partial charge >= 0.3 is 0 Å². The highest BCUT2D eigenvalue weighted by atomic mass is 15.1. The zero-order valence-electron chi connectivity index (χ0n) is 26.6. The van der Waals surface area contributed by atoms with E-state index in [1.54, 1.807) is 0 Å². The number of benzene rings is 6. The third-order valence-electron chi connectivity index (χ3n) is 9.00. The molecule has 4 nitrogen and oxygen atoms in total. The Balaban J connectivity index is 1.30. The zero-order chi connectivity index (χ0) is 32.6. The van der Waals surface area contributed by atoms with Crippen LogP contribution < -0.4 is 0 Å². The van der Waals surface area contributed by atoms with Crippen LogP contribution in [0.2, 0.25) is 0 Å². The number of fused-ring (bicyclic) bond motifs is 3. The fourth-order valence-electron chi connectivity index (χ4n) is 6.67. The number of rotatable bonds is 6. The van der Waals surface area contributed by atoms with Gasteiger partial charge in [0.15, 0.2) is 5.82 Å². The highest BCUT2D eigenvalue weighted by Crippen LogP contribution is 2.39. The molecular weight excluding hydrogens is 597 g/mol. The summed E-state index contributed by atoms with van der Waals surface area (Å²) in [4.78, 5) is 15.8. The highest BCUT2D eigenvalue weighted by Gasteiger charge is 2.21. The van der Waals surface area contributed by atoms with Crippen molar-refractivity contribution in [1.29, 1.82) is 0 Å². The molecule has 0 aliphatic heterocycles. The second-order valence-electron chi connectivity index (χ2n) is 12.1. The summed E-state index contributed by atoms with van der Waals surface area (Å²) in [5.74, 6) is 0.684. The maximum Gasteiger partial charge on any atom is 0.162 e. The van der Waals surface area contributed by atoms with Crippen molar-refractivity contribution in [3.63, 3.8) is 0 Å². The second kappa shape index (κ2) is 12.2. The van der Waals surface area contributed by atoms with Crippen molar-refractivity contribution >= 4 is 21.9 Å². The second-order valence-corrected chi connectivity index (χ2v) is 12.1. The van der Waals surface area contributed by atoms with Crippen LogP contribution in [0.15, 0.2) is 182 Å². The summed E-state index contributed by atoms with van der Waals surface area (Å²) < 4.78 is 2.25. The molecule has 0 unspecified atom stereocenters. The maximum absolute atomic E-state index is 5.32. The summed E-state index contributed by atoms with van der Waals surface area (Å²) in [7, 11) is 0. The minimum atomic E-state index is 0.684. The molecule has 3 heterocycles. The fraction of sp³-hybridized carbons (Fsp3) is 0. The van der Waals surface area contributed by atoms with Crippen molar-refractivity contribution in [3.8, 4) is 62.0 Å². The lowest BCUT2D eigenvalue weighted by atomic mass is 9.98. The number of hydrogen-bond donors (Lipinski definition) is 0. The van der Waals surface area contributed by atoms with E-state index in [0.717, 1.165) is 78.1 Å². The Morgan fingerprint density at radius 2 is 0.918 bits per heavy atom. The van der Waals surface area contributed by atoms with E-state index in [-0.39, 0.29) is 0 Å². The molecule has 0 aliphatic rings. The van der Waals surface area contributed by atoms with Crippen LogP contribution in [0.4, 0.5) is 0 Å². The molecule has 0 spiro atoms. The largest absolute Gasteiger partial charge is 0.294 e. The molecule has 0 saturated heterocycles. The summed E-state index contributed by atoms with van der Waals surface area (Å²) in [5, 5.41) is 2.13. The van der Waals surface area contributed by atoms with E-state index in [2.05, 4.69) is 150 Å². The quantitative estimate of drug-likeness (QED) is 0.184. The SMILES string of the molecule is c1ccc(-c2cc(-c3ccccc3)nc(-c3cccc(-c4nc(-c5ccccc5)nc5c4c4ccccc4n5-c4ccccc4)c3)c2)cc1. The third-order valence-corrected chi connectivity index (χ3v) is 9.00. The fourth-order valence-corrected chi connectivity index (χ4v) is 6.67. The molecule has 0 saturated carbocycles. The van der Waals surface area contributed by atoms with Crippen LogP contribution >= 0.6 is 0 Å². The Kier molecular flexibility index (Phi) is 7.10. The molecule has 230 valence electrons. The molecule has 9 rings (SSSR count). The predicted molar refractivity (Wildman–Crippen MR) is 201 cm³/mol. The normalized spacial score (nSPS) is 11.3. The van der Waals surface area contributed by atoms with E-state index in [4.69, 9.17) is 15.0 Å². The third kappa shape index (κ3) is 5.26. The number of nitrogens with zero attached hydrogens (tertiary/aromatic N) is 4. The van der Waals surface area contributed by atoms with E-state index in [0.29, 0.717) is 5.82 Å². The van der Waals surface area contributed by atoms with Crippen LogP contribution in [-0.2, 0) is 0 Å². The smallest absolute Gasteiger partial charge is 0.162 e. The molecule has 4 heteroatoms. The minimum Gasteiger partial charge on any atom is -0.294 e. The van der Waals surface area contributed by atoms with Crippen molar-refractivity contribution in [1.82, 2.24) is 19.5 Å². The first-order chi connectivity index (χ1) is 24.3. The highest BCUT2D eigenvalue weighted by molar-refractivity contribution is 6.14. The molecule has 0 fully saturated rings. The van der Waals surface area contributed by atoms with Gasteiger partial charge in [-0.1, -0.05) is 146 Å². The minimum absolute atomic E-state index is 0.684. The molecule has 9 aromatic rings. The Bertz CT molecular complexity index is 2520. The van der Waals surface area contributed by atoms with Gasteiger partial charge in [0.2, 0.25) is 0 Å². The maximum atomic E-state index is 5.32. The van der Waals surface area contributed by atoms with E-state index in [1.165, 1.54) is 0 Å². The van der Waals surface area contributed by atoms with Crippen LogP contribution in [-0.4, -0.2) is 19.5 Å². The van der Waals surface area contributed by atoms with Gasteiger partial charge in [-0.25, -0.2) is 15.0 Å². The van der Waals surface area contributed by atoms with Crippen molar-refractivity contribution in [2.45, 2.75) is 0 Å². The Morgan fingerprint density at radius 3 is 1.63 bits per heavy atom. The monoisotopic (exact) mass is 626 g/mol. The first kappa shape index (κ1) is 28.6. The van der Waals surface area contributed by atoms with Crippen molar-refractivity contribution in [2.75, 3.05) is 0 Å². The Morgan fingerprint density at radius 1 is 0.367 bits per heavy atom. The molecule has 0 radical (unpaired) electrons. The Hall–Kier alpha value is -6.65. The number of para-hydroxylation sites is 2. The number of aromatic nitrogens is 4. The average Bonchev–Trinajstić information content (AvgIpc) is 3.53. The van der Waals surface area contributed by atoms with Crippen molar-refractivity contribution < 1.29 is 0 Å². The van der Waals surface area contributed by atoms with Gasteiger partial charge in [0.1, 0.15) is 5.65 Å². The predicted octanol–water partition coefficient (Wildman–Crippen LogP) is 11.3. The lowest BCUT2D eigenvalue weighted by Gasteiger charge is -2.13. The summed E-state index contributed by atoms with van der Waals surface area (Å²) in [6.07, 6.45) is 0. The van der Waals surface area contributed by atoms with E-state index in [1.807, 2.05) is 36.4 Å². The van der Waals surface area contributed by atoms with Gasteiger partial charge in [0, 0.05) is 33.3 Å². The first-order valence-corrected chi connectivity index (χ1v) is 16.5. The van der Waals surface area contributed by atoms with E-state index >= 15 is 0 Å². The average molecular weight is 627 g/mol. The van der Waals surface area contributed by atoms with Gasteiger partial charge in [-0.2, -0.15) is 0 Å². The topological polar surface area (TPSA) is 43.6 Å². The molecule has 3 aromatic heterocycles. The van der Waals surface area contributed by atoms with Gasteiger partial charge < -0.3 is 0 Å². The molecular formula is C45H30N4. The van der Waals surface area contributed by atoms with Crippen molar-refractivity contribution in [2.24, 2.45) is 0 Å². The summed E-state index contributed by atoms with van der Waals surface area (Å²) in [6.45, 7) is 0. The first-order valence-electron chi connectivity index (χ1n) is 16.5. The molecule has 49 heavy (non-hydrogen) atoms. The number of hydrogen-bond acceptors (Lipinski definition) is 3. The van der Waals surface area contributed by atoms with E-state index < -0.39 is 0 Å². The van der Waals surface area contributed by atoms with Crippen LogP contribution in [0.5, 0.6) is 0 Å². The molecule has 0 bridgehead atoms. The van der Waals surface area contributed by atoms with Crippen molar-refractivity contribution in [3.05, 3.63) is 182 Å². The molecule has 6 aromatic carbocycles. The Labute approximate surface area is 284 Å². The molecule has 0 amide bonds. The lowest BCUT2D eigenvalue weighted by Crippen LogP contribution is -1.99. The lowest BCUT2D eigenvalue weighted by molar-refractivity contribution is 1.11. The summed E-state index contributed by atoms with van der Waals surface area (Å²) in [6, 6.07) is 63.0.